The molecule has 2 aromatic carbocycles. The van der Waals surface area contributed by atoms with Gasteiger partial charge in [0.15, 0.2) is 0 Å². The number of nitrogens with zero attached hydrogens (tertiary/aromatic N) is 1. The van der Waals surface area contributed by atoms with Crippen LogP contribution < -0.4 is 9.62 Å². The Bertz CT molecular complexity index is 935. The van der Waals surface area contributed by atoms with E-state index in [1.165, 1.54) is 55.6 Å². The average Bonchev–Trinajstić information content (AvgIpc) is 2.70. The Kier molecular flexibility index (Phi) is 7.78. The number of anilines is 1. The van der Waals surface area contributed by atoms with Crippen LogP contribution in [0.1, 0.15) is 50.5 Å². The molecule has 5 nitrogen and oxygen atoms in total. The molecule has 3 rings (SSSR count). The molecule has 1 amide bonds. The van der Waals surface area contributed by atoms with Crippen molar-refractivity contribution in [2.45, 2.75) is 62.3 Å². The predicted molar refractivity (Wildman–Crippen MR) is 121 cm³/mol. The van der Waals surface area contributed by atoms with E-state index in [9.17, 15) is 13.2 Å². The zero-order chi connectivity index (χ0) is 21.6. The number of hydrogen-bond acceptors (Lipinski definition) is 3. The highest BCUT2D eigenvalue weighted by Crippen LogP contribution is 2.24. The van der Waals surface area contributed by atoms with Crippen LogP contribution in [0.25, 0.3) is 0 Å². The molecule has 7 heteroatoms. The molecule has 1 fully saturated rings. The zero-order valence-corrected chi connectivity index (χ0v) is 18.9. The van der Waals surface area contributed by atoms with E-state index in [0.29, 0.717) is 17.1 Å². The first-order valence-corrected chi connectivity index (χ1v) is 12.3. The minimum Gasteiger partial charge on any atom is -0.353 e. The van der Waals surface area contributed by atoms with Crippen molar-refractivity contribution in [3.8, 4) is 0 Å². The van der Waals surface area contributed by atoms with Crippen LogP contribution in [-0.2, 0) is 21.2 Å². The number of nitrogens with one attached hydrogen (secondary N) is 1. The molecular formula is C23H29ClN2O3S. The summed E-state index contributed by atoms with van der Waals surface area (Å²) in [5.74, 6) is 0.0236. The van der Waals surface area contributed by atoms with Gasteiger partial charge in [0.1, 0.15) is 0 Å². The van der Waals surface area contributed by atoms with Gasteiger partial charge in [-0.05, 0) is 54.8 Å². The SMILES string of the molecule is CN(c1ccc(CC(=O)NC2CCCCCCC2)cc1)S(=O)(=O)c1ccc(Cl)cc1. The fraction of sp³-hybridized carbons (Fsp3) is 0.435. The Morgan fingerprint density at radius 2 is 1.53 bits per heavy atom. The van der Waals surface area contributed by atoms with Gasteiger partial charge < -0.3 is 5.32 Å². The first-order chi connectivity index (χ1) is 14.4. The molecule has 2 aromatic rings. The molecule has 1 N–H and O–H groups in total. The molecule has 0 atom stereocenters. The third-order valence-electron chi connectivity index (χ3n) is 5.61. The van der Waals surface area contributed by atoms with Gasteiger partial charge in [0.05, 0.1) is 17.0 Å². The number of carbonyl (C=O) groups excluding carboxylic acids is 1. The first-order valence-electron chi connectivity index (χ1n) is 10.5. The van der Waals surface area contributed by atoms with Crippen molar-refractivity contribution >= 4 is 33.2 Å². The third kappa shape index (κ3) is 5.99. The lowest BCUT2D eigenvalue weighted by Gasteiger charge is -2.21. The maximum atomic E-state index is 12.8. The first kappa shape index (κ1) is 22.6. The lowest BCUT2D eigenvalue weighted by molar-refractivity contribution is -0.121. The van der Waals surface area contributed by atoms with E-state index in [1.54, 1.807) is 36.4 Å². The van der Waals surface area contributed by atoms with E-state index < -0.39 is 10.0 Å². The van der Waals surface area contributed by atoms with Crippen LogP contribution in [0.15, 0.2) is 53.4 Å². The Morgan fingerprint density at radius 3 is 2.13 bits per heavy atom. The normalized spacial score (nSPS) is 15.8. The van der Waals surface area contributed by atoms with E-state index in [4.69, 9.17) is 11.6 Å². The van der Waals surface area contributed by atoms with Gasteiger partial charge in [0.2, 0.25) is 5.91 Å². The highest BCUT2D eigenvalue weighted by Gasteiger charge is 2.21. The van der Waals surface area contributed by atoms with Crippen molar-refractivity contribution in [2.75, 3.05) is 11.4 Å². The number of sulfonamides is 1. The quantitative estimate of drug-likeness (QED) is 0.680. The molecule has 30 heavy (non-hydrogen) atoms. The van der Waals surface area contributed by atoms with Gasteiger partial charge in [-0.2, -0.15) is 0 Å². The van der Waals surface area contributed by atoms with Crippen molar-refractivity contribution in [1.29, 1.82) is 0 Å². The summed E-state index contributed by atoms with van der Waals surface area (Å²) in [6.45, 7) is 0. The van der Waals surface area contributed by atoms with Crippen LogP contribution in [0.2, 0.25) is 5.02 Å². The standard InChI is InChI=1S/C23H29ClN2O3S/c1-26(30(28,29)22-15-11-19(24)12-16-22)21-13-9-18(10-14-21)17-23(27)25-20-7-5-3-2-4-6-8-20/h9-16,20H,2-8,17H2,1H3,(H,25,27). The van der Waals surface area contributed by atoms with Gasteiger partial charge in [-0.1, -0.05) is 55.8 Å². The van der Waals surface area contributed by atoms with Crippen molar-refractivity contribution in [3.63, 3.8) is 0 Å². The van der Waals surface area contributed by atoms with Gasteiger partial charge in [-0.15, -0.1) is 0 Å². The van der Waals surface area contributed by atoms with E-state index in [0.717, 1.165) is 18.4 Å². The molecule has 0 saturated heterocycles. The van der Waals surface area contributed by atoms with Crippen molar-refractivity contribution in [2.24, 2.45) is 0 Å². The Hall–Kier alpha value is -2.05. The summed E-state index contributed by atoms with van der Waals surface area (Å²) in [4.78, 5) is 12.6. The van der Waals surface area contributed by atoms with Crippen LogP contribution >= 0.6 is 11.6 Å². The summed E-state index contributed by atoms with van der Waals surface area (Å²) < 4.78 is 26.8. The van der Waals surface area contributed by atoms with Gasteiger partial charge in [-0.25, -0.2) is 8.42 Å². The number of rotatable bonds is 6. The lowest BCUT2D eigenvalue weighted by Crippen LogP contribution is -2.36. The van der Waals surface area contributed by atoms with Crippen LogP contribution in [0.5, 0.6) is 0 Å². The van der Waals surface area contributed by atoms with Crippen molar-refractivity contribution in [3.05, 3.63) is 59.1 Å². The van der Waals surface area contributed by atoms with Crippen LogP contribution in [0.4, 0.5) is 5.69 Å². The summed E-state index contributed by atoms with van der Waals surface area (Å²) in [6.07, 6.45) is 8.55. The summed E-state index contributed by atoms with van der Waals surface area (Å²) in [5, 5.41) is 3.65. The molecular weight excluding hydrogens is 420 g/mol. The maximum Gasteiger partial charge on any atom is 0.264 e. The number of carbonyl (C=O) groups is 1. The number of amides is 1. The van der Waals surface area contributed by atoms with E-state index in [-0.39, 0.29) is 16.8 Å². The molecule has 0 spiro atoms. The van der Waals surface area contributed by atoms with Crippen LogP contribution in [0.3, 0.4) is 0 Å². The fourth-order valence-electron chi connectivity index (χ4n) is 3.79. The zero-order valence-electron chi connectivity index (χ0n) is 17.3. The van der Waals surface area contributed by atoms with Crippen LogP contribution in [-0.4, -0.2) is 27.4 Å². The number of benzene rings is 2. The highest BCUT2D eigenvalue weighted by molar-refractivity contribution is 7.92. The molecule has 0 radical (unpaired) electrons. The van der Waals surface area contributed by atoms with Crippen LogP contribution in [0, 0.1) is 0 Å². The Morgan fingerprint density at radius 1 is 0.967 bits per heavy atom. The molecule has 0 aliphatic heterocycles. The molecule has 1 aliphatic carbocycles. The highest BCUT2D eigenvalue weighted by atomic mass is 35.5. The second-order valence-corrected chi connectivity index (χ2v) is 10.3. The molecule has 0 unspecified atom stereocenters. The summed E-state index contributed by atoms with van der Waals surface area (Å²) >= 11 is 5.85. The molecule has 0 bridgehead atoms. The maximum absolute atomic E-state index is 12.8. The van der Waals surface area contributed by atoms with Gasteiger partial charge in [0.25, 0.3) is 10.0 Å². The number of halogens is 1. The Labute approximate surface area is 184 Å². The monoisotopic (exact) mass is 448 g/mol. The lowest BCUT2D eigenvalue weighted by atomic mass is 9.96. The summed E-state index contributed by atoms with van der Waals surface area (Å²) in [7, 11) is -2.16. The molecule has 162 valence electrons. The van der Waals surface area contributed by atoms with Gasteiger partial charge >= 0.3 is 0 Å². The fourth-order valence-corrected chi connectivity index (χ4v) is 5.11. The third-order valence-corrected chi connectivity index (χ3v) is 7.66. The topological polar surface area (TPSA) is 66.5 Å². The molecule has 0 heterocycles. The smallest absolute Gasteiger partial charge is 0.264 e. The molecule has 1 saturated carbocycles. The average molecular weight is 449 g/mol. The van der Waals surface area contributed by atoms with Gasteiger partial charge in [0, 0.05) is 18.1 Å². The minimum atomic E-state index is -3.67. The van der Waals surface area contributed by atoms with Gasteiger partial charge in [-0.3, -0.25) is 9.10 Å². The van der Waals surface area contributed by atoms with E-state index >= 15 is 0 Å². The van der Waals surface area contributed by atoms with E-state index in [1.807, 2.05) is 0 Å². The largest absolute Gasteiger partial charge is 0.353 e. The Balaban J connectivity index is 1.61. The molecule has 0 aromatic heterocycles. The second-order valence-electron chi connectivity index (χ2n) is 7.88. The second kappa shape index (κ2) is 10.3. The summed E-state index contributed by atoms with van der Waals surface area (Å²) in [6, 6.07) is 13.4. The molecule has 1 aliphatic rings. The van der Waals surface area contributed by atoms with E-state index in [2.05, 4.69) is 5.32 Å². The number of hydrogen-bond donors (Lipinski definition) is 1. The minimum absolute atomic E-state index is 0.0236. The van der Waals surface area contributed by atoms with Crippen molar-refractivity contribution in [1.82, 2.24) is 5.32 Å². The predicted octanol–water partition coefficient (Wildman–Crippen LogP) is 4.94. The van der Waals surface area contributed by atoms with Crippen molar-refractivity contribution < 1.29 is 13.2 Å². The summed E-state index contributed by atoms with van der Waals surface area (Å²) in [5.41, 5.74) is 1.40.